The van der Waals surface area contributed by atoms with Crippen molar-refractivity contribution in [3.8, 4) is 11.1 Å². The number of hydrogen-bond donors (Lipinski definition) is 4. The van der Waals surface area contributed by atoms with Gasteiger partial charge in [-0.25, -0.2) is 4.79 Å². The molecule has 0 spiro atoms. The van der Waals surface area contributed by atoms with Gasteiger partial charge in [0.25, 0.3) is 0 Å². The minimum atomic E-state index is -1.38. The molecule has 2 aromatic carbocycles. The van der Waals surface area contributed by atoms with Crippen LogP contribution in [0, 0.1) is 0 Å². The number of carboxylic acids is 2. The van der Waals surface area contributed by atoms with Crippen LogP contribution < -0.4 is 10.6 Å². The standard InChI is InChI=1S/C43H62N2O12S2/c1-3-58-30-32-11-14-34(15-12-32)38-17-13-33(31-59-4-2)26-35(38)8-5-19-44-41(49)29-57-25-23-55-21-7-10-37(47)28-56-24-22-54-20-6-9-36(46)16-18-39(43(52)53)45-40(48)27-42(50)51/h11-15,17,26,39H,3-10,16,18-25,27-31H2,1-2H3,(H,44,49)(H,45,48)(H,50,51)(H,52,53). The number of hydrogen-bond acceptors (Lipinski definition) is 12. The van der Waals surface area contributed by atoms with Crippen LogP contribution in [-0.2, 0) is 65.6 Å². The van der Waals surface area contributed by atoms with Crippen LogP contribution in [0.2, 0.25) is 0 Å². The van der Waals surface area contributed by atoms with Gasteiger partial charge >= 0.3 is 11.9 Å². The summed E-state index contributed by atoms with van der Waals surface area (Å²) in [7, 11) is 0. The van der Waals surface area contributed by atoms with E-state index in [1.165, 1.54) is 27.8 Å². The largest absolute Gasteiger partial charge is 0.481 e. The maximum atomic E-state index is 12.3. The Bertz CT molecular complexity index is 1570. The SMILES string of the molecule is CCSCc1ccc(-c2ccc(CSCC)cc2CCCNC(=O)COCCOCCCC(=O)COCCOCCCC(=O)CCC(NC(=O)CC(=O)O)C(=O)O)cc1. The van der Waals surface area contributed by atoms with Crippen molar-refractivity contribution in [1.82, 2.24) is 10.6 Å². The van der Waals surface area contributed by atoms with Gasteiger partial charge < -0.3 is 39.8 Å². The van der Waals surface area contributed by atoms with Crippen LogP contribution in [0.25, 0.3) is 11.1 Å². The van der Waals surface area contributed by atoms with E-state index in [9.17, 15) is 33.9 Å². The average Bonchev–Trinajstić information content (AvgIpc) is 3.21. The molecular weight excluding hydrogens is 801 g/mol. The molecule has 1 unspecified atom stereocenters. The molecular formula is C43H62N2O12S2. The fourth-order valence-electron chi connectivity index (χ4n) is 5.68. The van der Waals surface area contributed by atoms with Gasteiger partial charge in [-0.2, -0.15) is 23.5 Å². The zero-order valence-corrected chi connectivity index (χ0v) is 36.1. The summed E-state index contributed by atoms with van der Waals surface area (Å²) in [6.07, 6.45) is 1.98. The molecule has 16 heteroatoms. The van der Waals surface area contributed by atoms with Crippen LogP contribution in [0.5, 0.6) is 0 Å². The second kappa shape index (κ2) is 32.0. The Labute approximate surface area is 356 Å². The Hall–Kier alpha value is -3.80. The third kappa shape index (κ3) is 24.8. The zero-order chi connectivity index (χ0) is 43.1. The maximum absolute atomic E-state index is 12.3. The summed E-state index contributed by atoms with van der Waals surface area (Å²) in [4.78, 5) is 69.8. The smallest absolute Gasteiger partial charge is 0.326 e. The van der Waals surface area contributed by atoms with Crippen LogP contribution in [0.15, 0.2) is 42.5 Å². The first-order chi connectivity index (χ1) is 28.5. The van der Waals surface area contributed by atoms with E-state index in [4.69, 9.17) is 24.1 Å². The molecule has 0 saturated carbocycles. The summed E-state index contributed by atoms with van der Waals surface area (Å²) in [5.74, 6) is 0.0627. The molecule has 14 nitrogen and oxygen atoms in total. The minimum absolute atomic E-state index is 0.0472. The third-order valence-corrected chi connectivity index (χ3v) is 10.6. The average molecular weight is 863 g/mol. The highest BCUT2D eigenvalue weighted by atomic mass is 32.2. The van der Waals surface area contributed by atoms with Gasteiger partial charge in [-0.1, -0.05) is 56.3 Å². The molecule has 2 rings (SSSR count). The van der Waals surface area contributed by atoms with Crippen molar-refractivity contribution in [3.63, 3.8) is 0 Å². The second-order valence-electron chi connectivity index (χ2n) is 13.6. The van der Waals surface area contributed by atoms with Crippen molar-refractivity contribution in [1.29, 1.82) is 0 Å². The molecule has 0 aliphatic carbocycles. The van der Waals surface area contributed by atoms with Crippen molar-refractivity contribution >= 4 is 58.8 Å². The van der Waals surface area contributed by atoms with Crippen molar-refractivity contribution < 1.29 is 57.9 Å². The number of ether oxygens (including phenoxy) is 4. The molecule has 1 atom stereocenters. The predicted molar refractivity (Wildman–Crippen MR) is 230 cm³/mol. The number of rotatable bonds is 36. The van der Waals surface area contributed by atoms with Crippen molar-refractivity contribution in [2.45, 2.75) is 89.2 Å². The summed E-state index contributed by atoms with van der Waals surface area (Å²) in [5.41, 5.74) is 6.38. The van der Waals surface area contributed by atoms with Gasteiger partial charge in [-0.3, -0.25) is 24.0 Å². The van der Waals surface area contributed by atoms with E-state index in [-0.39, 0.29) is 76.4 Å². The molecule has 328 valence electrons. The lowest BCUT2D eigenvalue weighted by atomic mass is 9.94. The number of aliphatic carboxylic acids is 2. The number of carbonyl (C=O) groups excluding carboxylic acids is 4. The van der Waals surface area contributed by atoms with E-state index in [1.54, 1.807) is 0 Å². The maximum Gasteiger partial charge on any atom is 0.326 e. The van der Waals surface area contributed by atoms with Crippen molar-refractivity contribution in [2.24, 2.45) is 0 Å². The molecule has 0 aliphatic heterocycles. The van der Waals surface area contributed by atoms with Gasteiger partial charge in [0, 0.05) is 50.5 Å². The number of thioether (sulfide) groups is 2. The summed E-state index contributed by atoms with van der Waals surface area (Å²) in [5, 5.41) is 22.8. The highest BCUT2D eigenvalue weighted by molar-refractivity contribution is 7.98. The molecule has 2 amide bonds. The van der Waals surface area contributed by atoms with E-state index in [0.717, 1.165) is 35.9 Å². The molecule has 0 aliphatic rings. The molecule has 0 aromatic heterocycles. The minimum Gasteiger partial charge on any atom is -0.481 e. The highest BCUT2D eigenvalue weighted by Crippen LogP contribution is 2.28. The van der Waals surface area contributed by atoms with Gasteiger partial charge in [-0.15, -0.1) is 0 Å². The topological polar surface area (TPSA) is 204 Å². The van der Waals surface area contributed by atoms with E-state index in [0.29, 0.717) is 39.0 Å². The Morgan fingerprint density at radius 1 is 0.661 bits per heavy atom. The van der Waals surface area contributed by atoms with Crippen LogP contribution >= 0.6 is 23.5 Å². The second-order valence-corrected chi connectivity index (χ2v) is 16.1. The van der Waals surface area contributed by atoms with Crippen LogP contribution in [-0.4, -0.2) is 122 Å². The molecule has 0 fully saturated rings. The summed E-state index contributed by atoms with van der Waals surface area (Å²) < 4.78 is 21.7. The molecule has 0 bridgehead atoms. The van der Waals surface area contributed by atoms with Gasteiger partial charge in [0.05, 0.1) is 26.4 Å². The molecule has 2 aromatic rings. The summed E-state index contributed by atoms with van der Waals surface area (Å²) in [6, 6.07) is 14.3. The van der Waals surface area contributed by atoms with E-state index in [1.807, 2.05) is 23.5 Å². The van der Waals surface area contributed by atoms with Crippen LogP contribution in [0.1, 0.15) is 81.9 Å². The number of nitrogens with one attached hydrogen (secondary N) is 2. The first-order valence-electron chi connectivity index (χ1n) is 20.2. The highest BCUT2D eigenvalue weighted by Gasteiger charge is 2.22. The van der Waals surface area contributed by atoms with Crippen LogP contribution in [0.3, 0.4) is 0 Å². The lowest BCUT2D eigenvalue weighted by Gasteiger charge is -2.14. The van der Waals surface area contributed by atoms with E-state index in [2.05, 4.69) is 66.9 Å². The van der Waals surface area contributed by atoms with Crippen LogP contribution in [0.4, 0.5) is 0 Å². The van der Waals surface area contributed by atoms with E-state index >= 15 is 0 Å². The number of aryl methyl sites for hydroxylation is 1. The third-order valence-electron chi connectivity index (χ3n) is 8.71. The normalized spacial score (nSPS) is 11.6. The first kappa shape index (κ1) is 51.3. The fraction of sp³-hybridized carbons (Fsp3) is 0.581. The first-order valence-corrected chi connectivity index (χ1v) is 22.5. The van der Waals surface area contributed by atoms with E-state index < -0.39 is 30.3 Å². The van der Waals surface area contributed by atoms with Crippen molar-refractivity contribution in [2.75, 3.05) is 70.9 Å². The molecule has 0 saturated heterocycles. The number of Topliss-reactive ketones (excluding diaryl/α,β-unsaturated/α-hetero) is 2. The molecule has 4 N–H and O–H groups in total. The Balaban J connectivity index is 1.48. The van der Waals surface area contributed by atoms with Crippen molar-refractivity contribution in [3.05, 3.63) is 59.2 Å². The Morgan fingerprint density at radius 3 is 1.88 bits per heavy atom. The number of ketones is 2. The number of amides is 2. The summed E-state index contributed by atoms with van der Waals surface area (Å²) >= 11 is 3.82. The monoisotopic (exact) mass is 862 g/mol. The fourth-order valence-corrected chi connectivity index (χ4v) is 6.93. The molecule has 59 heavy (non-hydrogen) atoms. The lowest BCUT2D eigenvalue weighted by molar-refractivity contribution is -0.145. The van der Waals surface area contributed by atoms with Gasteiger partial charge in [-0.05, 0) is 71.4 Å². The Morgan fingerprint density at radius 2 is 1.25 bits per heavy atom. The van der Waals surface area contributed by atoms with Gasteiger partial charge in [0.2, 0.25) is 11.8 Å². The number of carboxylic acid groups (broad SMARTS) is 2. The predicted octanol–water partition coefficient (Wildman–Crippen LogP) is 5.50. The Kier molecular flexibility index (Phi) is 27.9. The zero-order valence-electron chi connectivity index (χ0n) is 34.5. The summed E-state index contributed by atoms with van der Waals surface area (Å²) in [6.45, 7) is 6.47. The number of carbonyl (C=O) groups is 6. The molecule has 0 heterocycles. The van der Waals surface area contributed by atoms with Gasteiger partial charge in [0.15, 0.2) is 5.78 Å². The lowest BCUT2D eigenvalue weighted by Crippen LogP contribution is -2.41. The quantitative estimate of drug-likeness (QED) is 0.0494. The molecule has 0 radical (unpaired) electrons. The number of benzene rings is 2. The van der Waals surface area contributed by atoms with Gasteiger partial charge in [0.1, 0.15) is 31.5 Å².